The average Bonchev–Trinajstić information content (AvgIpc) is 2.18. The molecular formula is C10H14BrN3O2S. The minimum atomic E-state index is -0.485. The van der Waals surface area contributed by atoms with Gasteiger partial charge in [0.1, 0.15) is 5.69 Å². The molecule has 0 radical (unpaired) electrons. The van der Waals surface area contributed by atoms with Crippen molar-refractivity contribution in [2.24, 2.45) is 0 Å². The smallest absolute Gasteiger partial charge is 0.294 e. The fourth-order valence-corrected chi connectivity index (χ4v) is 2.37. The molecule has 0 fully saturated rings. The van der Waals surface area contributed by atoms with Crippen LogP contribution in [0.2, 0.25) is 0 Å². The van der Waals surface area contributed by atoms with Gasteiger partial charge in [-0.1, -0.05) is 0 Å². The van der Waals surface area contributed by atoms with Crippen molar-refractivity contribution in [3.63, 3.8) is 0 Å². The van der Waals surface area contributed by atoms with Crippen LogP contribution in [0.4, 0.5) is 11.4 Å². The molecule has 0 aliphatic heterocycles. The van der Waals surface area contributed by atoms with Crippen LogP contribution >= 0.6 is 27.9 Å². The molecule has 0 saturated heterocycles. The molecule has 94 valence electrons. The van der Waals surface area contributed by atoms with Crippen molar-refractivity contribution >= 4 is 39.3 Å². The first-order valence-electron chi connectivity index (χ1n) is 4.88. The lowest BCUT2D eigenvalue weighted by Gasteiger charge is -2.19. The number of benzene rings is 1. The van der Waals surface area contributed by atoms with Crippen LogP contribution in [0.1, 0.15) is 20.8 Å². The number of nitrogens with two attached hydrogens (primary N) is 1. The minimum Gasteiger partial charge on any atom is -0.392 e. The van der Waals surface area contributed by atoms with Crippen LogP contribution < -0.4 is 10.5 Å². The summed E-state index contributed by atoms with van der Waals surface area (Å²) >= 11 is 4.56. The van der Waals surface area contributed by atoms with E-state index >= 15 is 0 Å². The highest BCUT2D eigenvalue weighted by molar-refractivity contribution is 9.10. The Morgan fingerprint density at radius 1 is 1.47 bits per heavy atom. The maximum absolute atomic E-state index is 10.8. The average molecular weight is 320 g/mol. The zero-order valence-corrected chi connectivity index (χ0v) is 12.2. The van der Waals surface area contributed by atoms with E-state index in [4.69, 9.17) is 5.73 Å². The zero-order valence-electron chi connectivity index (χ0n) is 9.78. The second-order valence-corrected chi connectivity index (χ2v) is 6.28. The van der Waals surface area contributed by atoms with Gasteiger partial charge in [0.25, 0.3) is 5.69 Å². The fraction of sp³-hybridized carbons (Fsp3) is 0.400. The molecule has 3 N–H and O–H groups in total. The van der Waals surface area contributed by atoms with Gasteiger partial charge in [0.2, 0.25) is 0 Å². The third-order valence-electron chi connectivity index (χ3n) is 1.75. The molecule has 0 unspecified atom stereocenters. The number of nitrogen functional groups attached to an aromatic ring is 1. The molecule has 7 heteroatoms. The number of halogens is 1. The Kier molecular flexibility index (Phi) is 4.40. The van der Waals surface area contributed by atoms with Crippen molar-refractivity contribution in [3.05, 3.63) is 26.7 Å². The van der Waals surface area contributed by atoms with Crippen LogP contribution in [0.25, 0.3) is 0 Å². The van der Waals surface area contributed by atoms with Crippen molar-refractivity contribution in [2.75, 3.05) is 5.73 Å². The third-order valence-corrected chi connectivity index (χ3v) is 3.59. The molecule has 0 aliphatic rings. The molecule has 1 aromatic rings. The molecule has 1 aromatic carbocycles. The summed E-state index contributed by atoms with van der Waals surface area (Å²) in [6, 6.07) is 3.22. The van der Waals surface area contributed by atoms with Gasteiger partial charge < -0.3 is 5.73 Å². The number of rotatable bonds is 3. The van der Waals surface area contributed by atoms with Crippen molar-refractivity contribution in [3.8, 4) is 0 Å². The highest BCUT2D eigenvalue weighted by Gasteiger charge is 2.17. The zero-order chi connectivity index (χ0) is 13.2. The normalized spacial score (nSPS) is 11.5. The summed E-state index contributed by atoms with van der Waals surface area (Å²) in [5, 5.41) is 10.8. The van der Waals surface area contributed by atoms with E-state index in [9.17, 15) is 10.1 Å². The molecule has 0 amide bonds. The van der Waals surface area contributed by atoms with E-state index in [-0.39, 0.29) is 16.9 Å². The van der Waals surface area contributed by atoms with Gasteiger partial charge >= 0.3 is 0 Å². The van der Waals surface area contributed by atoms with Gasteiger partial charge in [-0.15, -0.1) is 0 Å². The highest BCUT2D eigenvalue weighted by atomic mass is 79.9. The van der Waals surface area contributed by atoms with Gasteiger partial charge in [0.05, 0.1) is 4.92 Å². The Morgan fingerprint density at radius 2 is 2.06 bits per heavy atom. The predicted molar refractivity (Wildman–Crippen MR) is 74.0 cm³/mol. The second-order valence-electron chi connectivity index (χ2n) is 4.55. The van der Waals surface area contributed by atoms with E-state index in [1.165, 1.54) is 18.0 Å². The lowest BCUT2D eigenvalue weighted by molar-refractivity contribution is -0.384. The number of anilines is 1. The SMILES string of the molecule is CC(C)(C)NSc1cc(Br)c(N)c([N+](=O)[O-])c1. The van der Waals surface area contributed by atoms with Gasteiger partial charge in [0, 0.05) is 21.0 Å². The molecule has 5 nitrogen and oxygen atoms in total. The van der Waals surface area contributed by atoms with Crippen LogP contribution in [-0.2, 0) is 0 Å². The summed E-state index contributed by atoms with van der Waals surface area (Å²) < 4.78 is 3.72. The summed E-state index contributed by atoms with van der Waals surface area (Å²) in [6.07, 6.45) is 0. The van der Waals surface area contributed by atoms with Gasteiger partial charge in [-0.2, -0.15) is 0 Å². The lowest BCUT2D eigenvalue weighted by atomic mass is 10.1. The summed E-state index contributed by atoms with van der Waals surface area (Å²) in [6.45, 7) is 6.04. The van der Waals surface area contributed by atoms with Crippen LogP contribution in [-0.4, -0.2) is 10.5 Å². The van der Waals surface area contributed by atoms with E-state index in [1.54, 1.807) is 6.07 Å². The van der Waals surface area contributed by atoms with Gasteiger partial charge in [0.15, 0.2) is 0 Å². The van der Waals surface area contributed by atoms with Crippen LogP contribution in [0, 0.1) is 10.1 Å². The number of nitro benzene ring substituents is 1. The molecule has 0 saturated carbocycles. The Balaban J connectivity index is 2.99. The number of nitrogens with zero attached hydrogens (tertiary/aromatic N) is 1. The fourth-order valence-electron chi connectivity index (χ4n) is 1.00. The maximum atomic E-state index is 10.8. The molecule has 0 aliphatic carbocycles. The lowest BCUT2D eigenvalue weighted by Crippen LogP contribution is -2.29. The van der Waals surface area contributed by atoms with E-state index in [0.29, 0.717) is 4.47 Å². The molecule has 0 spiro atoms. The molecule has 0 atom stereocenters. The second kappa shape index (κ2) is 5.24. The summed E-state index contributed by atoms with van der Waals surface area (Å²) in [5.41, 5.74) is 5.60. The first kappa shape index (κ1) is 14.3. The van der Waals surface area contributed by atoms with Crippen LogP contribution in [0.5, 0.6) is 0 Å². The van der Waals surface area contributed by atoms with Crippen LogP contribution in [0.3, 0.4) is 0 Å². The highest BCUT2D eigenvalue weighted by Crippen LogP contribution is 2.34. The summed E-state index contributed by atoms with van der Waals surface area (Å²) in [7, 11) is 0. The Morgan fingerprint density at radius 3 is 2.53 bits per heavy atom. The van der Waals surface area contributed by atoms with E-state index in [1.807, 2.05) is 20.8 Å². The van der Waals surface area contributed by atoms with E-state index < -0.39 is 4.92 Å². The Labute approximate surface area is 113 Å². The van der Waals surface area contributed by atoms with Gasteiger partial charge in [-0.25, -0.2) is 0 Å². The Hall–Kier alpha value is -0.790. The number of nitrogens with one attached hydrogen (secondary N) is 1. The topological polar surface area (TPSA) is 81.2 Å². The quantitative estimate of drug-likeness (QED) is 0.386. The molecule has 0 bridgehead atoms. The molecular weight excluding hydrogens is 306 g/mol. The number of hydrogen-bond donors (Lipinski definition) is 2. The summed E-state index contributed by atoms with van der Waals surface area (Å²) in [5.74, 6) is 0. The first-order chi connectivity index (χ1) is 7.70. The van der Waals surface area contributed by atoms with Crippen molar-refractivity contribution in [2.45, 2.75) is 31.2 Å². The van der Waals surface area contributed by atoms with Gasteiger partial charge in [-0.3, -0.25) is 14.8 Å². The molecule has 0 aromatic heterocycles. The maximum Gasteiger partial charge on any atom is 0.294 e. The molecule has 1 rings (SSSR count). The third kappa shape index (κ3) is 4.18. The minimum absolute atomic E-state index is 0.0761. The monoisotopic (exact) mass is 319 g/mol. The largest absolute Gasteiger partial charge is 0.392 e. The van der Waals surface area contributed by atoms with Crippen LogP contribution in [0.15, 0.2) is 21.5 Å². The van der Waals surface area contributed by atoms with E-state index in [2.05, 4.69) is 20.7 Å². The molecule has 17 heavy (non-hydrogen) atoms. The standard InChI is InChI=1S/C10H14BrN3O2S/c1-10(2,3)13-17-6-4-7(11)9(12)8(5-6)14(15)16/h4-5,13H,12H2,1-3H3. The number of nitro groups is 1. The van der Waals surface area contributed by atoms with Crippen molar-refractivity contribution < 1.29 is 4.92 Å². The predicted octanol–water partition coefficient (Wildman–Crippen LogP) is 3.33. The molecule has 0 heterocycles. The Bertz CT molecular complexity index is 446. The summed E-state index contributed by atoms with van der Waals surface area (Å²) in [4.78, 5) is 11.1. The first-order valence-corrected chi connectivity index (χ1v) is 6.49. The number of hydrogen-bond acceptors (Lipinski definition) is 5. The van der Waals surface area contributed by atoms with Crippen molar-refractivity contribution in [1.82, 2.24) is 4.72 Å². The van der Waals surface area contributed by atoms with Gasteiger partial charge in [-0.05, 0) is 54.7 Å². The van der Waals surface area contributed by atoms with E-state index in [0.717, 1.165) is 4.90 Å². The van der Waals surface area contributed by atoms with Crippen molar-refractivity contribution in [1.29, 1.82) is 0 Å².